The number of rotatable bonds is 7. The van der Waals surface area contributed by atoms with Crippen molar-refractivity contribution in [2.45, 2.75) is 59.7 Å². The third-order valence-electron chi connectivity index (χ3n) is 4.71. The maximum atomic E-state index is 12.3. The molecule has 0 radical (unpaired) electrons. The summed E-state index contributed by atoms with van der Waals surface area (Å²) in [5, 5.41) is 15.9. The van der Waals surface area contributed by atoms with Crippen LogP contribution < -0.4 is 5.32 Å². The van der Waals surface area contributed by atoms with E-state index in [0.717, 1.165) is 29.0 Å². The highest BCUT2D eigenvalue weighted by molar-refractivity contribution is 5.76. The zero-order chi connectivity index (χ0) is 18.7. The number of aryl methyl sites for hydroxylation is 2. The lowest BCUT2D eigenvalue weighted by Crippen LogP contribution is -2.36. The van der Waals surface area contributed by atoms with E-state index in [2.05, 4.69) is 34.6 Å². The van der Waals surface area contributed by atoms with E-state index >= 15 is 0 Å². The van der Waals surface area contributed by atoms with Gasteiger partial charge in [-0.2, -0.15) is 5.10 Å². The standard InChI is InChI=1S/C19H26N6O/c1-5-24-15(4)16(14(3)22-24)10-11-19(26)20-13(2)12-25-18-9-7-6-8-17(18)21-23-25/h6-9,13H,5,10-12H2,1-4H3,(H,20,26)/t13-/m1/s1. The lowest BCUT2D eigenvalue weighted by Gasteiger charge is -2.14. The number of para-hydroxylation sites is 1. The van der Waals surface area contributed by atoms with Gasteiger partial charge in [-0.3, -0.25) is 9.48 Å². The van der Waals surface area contributed by atoms with Gasteiger partial charge < -0.3 is 5.32 Å². The second kappa shape index (κ2) is 7.68. The molecule has 1 N–H and O–H groups in total. The largest absolute Gasteiger partial charge is 0.352 e. The van der Waals surface area contributed by atoms with E-state index in [-0.39, 0.29) is 11.9 Å². The SMILES string of the molecule is CCn1nc(C)c(CCC(=O)N[C@H](C)Cn2nnc3ccccc32)c1C. The maximum Gasteiger partial charge on any atom is 0.220 e. The molecule has 3 aromatic rings. The van der Waals surface area contributed by atoms with E-state index in [9.17, 15) is 4.79 Å². The molecular formula is C19H26N6O. The zero-order valence-electron chi connectivity index (χ0n) is 15.9. The fourth-order valence-corrected chi connectivity index (χ4v) is 3.35. The fourth-order valence-electron chi connectivity index (χ4n) is 3.35. The molecule has 138 valence electrons. The molecule has 0 bridgehead atoms. The normalized spacial score (nSPS) is 12.5. The van der Waals surface area contributed by atoms with Crippen molar-refractivity contribution in [1.29, 1.82) is 0 Å². The van der Waals surface area contributed by atoms with Gasteiger partial charge in [0.15, 0.2) is 0 Å². The van der Waals surface area contributed by atoms with E-state index in [1.54, 1.807) is 0 Å². The van der Waals surface area contributed by atoms with Crippen LogP contribution in [0.1, 0.15) is 37.2 Å². The molecule has 1 amide bonds. The van der Waals surface area contributed by atoms with Gasteiger partial charge in [-0.1, -0.05) is 17.3 Å². The number of fused-ring (bicyclic) bond motifs is 1. The van der Waals surface area contributed by atoms with Crippen LogP contribution in [0.2, 0.25) is 0 Å². The van der Waals surface area contributed by atoms with E-state index in [1.165, 1.54) is 5.56 Å². The van der Waals surface area contributed by atoms with Crippen LogP contribution in [0.3, 0.4) is 0 Å². The second-order valence-electron chi connectivity index (χ2n) is 6.69. The Labute approximate surface area is 153 Å². The molecule has 1 atom stereocenters. The van der Waals surface area contributed by atoms with E-state index in [4.69, 9.17) is 0 Å². The summed E-state index contributed by atoms with van der Waals surface area (Å²) in [6.45, 7) is 9.57. The zero-order valence-corrected chi connectivity index (χ0v) is 15.9. The molecule has 3 rings (SSSR count). The Morgan fingerprint density at radius 1 is 1.23 bits per heavy atom. The van der Waals surface area contributed by atoms with Crippen LogP contribution >= 0.6 is 0 Å². The van der Waals surface area contributed by atoms with Gasteiger partial charge in [0.05, 0.1) is 17.8 Å². The third-order valence-corrected chi connectivity index (χ3v) is 4.71. The van der Waals surface area contributed by atoms with Crippen molar-refractivity contribution >= 4 is 16.9 Å². The van der Waals surface area contributed by atoms with Crippen molar-refractivity contribution in [3.8, 4) is 0 Å². The molecule has 0 unspecified atom stereocenters. The molecule has 0 aliphatic heterocycles. The van der Waals surface area contributed by atoms with Gasteiger partial charge in [0.1, 0.15) is 5.52 Å². The monoisotopic (exact) mass is 354 g/mol. The molecule has 26 heavy (non-hydrogen) atoms. The molecule has 0 aliphatic rings. The Balaban J connectivity index is 1.55. The average Bonchev–Trinajstić information content (AvgIpc) is 3.14. The van der Waals surface area contributed by atoms with Gasteiger partial charge in [-0.25, -0.2) is 4.68 Å². The van der Waals surface area contributed by atoms with Gasteiger partial charge in [-0.05, 0) is 51.8 Å². The highest BCUT2D eigenvalue weighted by Gasteiger charge is 2.14. The molecule has 0 saturated carbocycles. The molecule has 0 aliphatic carbocycles. The predicted octanol–water partition coefficient (Wildman–Crippen LogP) is 2.40. The van der Waals surface area contributed by atoms with Gasteiger partial charge in [0, 0.05) is 24.7 Å². The molecule has 7 heteroatoms. The molecule has 2 aromatic heterocycles. The molecule has 1 aromatic carbocycles. The van der Waals surface area contributed by atoms with Crippen molar-refractivity contribution in [3.05, 3.63) is 41.2 Å². The summed E-state index contributed by atoms with van der Waals surface area (Å²) in [5.41, 5.74) is 5.19. The number of carbonyl (C=O) groups is 1. The van der Waals surface area contributed by atoms with Crippen LogP contribution in [0.5, 0.6) is 0 Å². The van der Waals surface area contributed by atoms with E-state index in [0.29, 0.717) is 19.4 Å². The summed E-state index contributed by atoms with van der Waals surface area (Å²) in [6, 6.07) is 7.81. The Morgan fingerprint density at radius 3 is 2.73 bits per heavy atom. The van der Waals surface area contributed by atoms with Crippen molar-refractivity contribution < 1.29 is 4.79 Å². The van der Waals surface area contributed by atoms with Crippen LogP contribution in [0.15, 0.2) is 24.3 Å². The Hall–Kier alpha value is -2.70. The Morgan fingerprint density at radius 2 is 2.00 bits per heavy atom. The minimum absolute atomic E-state index is 0.0202. The third kappa shape index (κ3) is 3.76. The molecule has 7 nitrogen and oxygen atoms in total. The van der Waals surface area contributed by atoms with E-state index < -0.39 is 0 Å². The smallest absolute Gasteiger partial charge is 0.220 e. The van der Waals surface area contributed by atoms with Crippen molar-refractivity contribution in [1.82, 2.24) is 30.1 Å². The summed E-state index contributed by atoms with van der Waals surface area (Å²) in [4.78, 5) is 12.3. The van der Waals surface area contributed by atoms with Crippen LogP contribution in [0, 0.1) is 13.8 Å². The summed E-state index contributed by atoms with van der Waals surface area (Å²) < 4.78 is 3.82. The highest BCUT2D eigenvalue weighted by atomic mass is 16.1. The Kier molecular flexibility index (Phi) is 5.35. The fraction of sp³-hybridized carbons (Fsp3) is 0.474. The number of amides is 1. The average molecular weight is 354 g/mol. The van der Waals surface area contributed by atoms with Crippen LogP contribution in [-0.2, 0) is 24.3 Å². The number of nitrogens with one attached hydrogen (secondary N) is 1. The number of benzene rings is 1. The first-order chi connectivity index (χ1) is 12.5. The van der Waals surface area contributed by atoms with E-state index in [1.807, 2.05) is 47.5 Å². The van der Waals surface area contributed by atoms with Gasteiger partial charge in [0.25, 0.3) is 0 Å². The van der Waals surface area contributed by atoms with Crippen LogP contribution in [0.4, 0.5) is 0 Å². The number of aromatic nitrogens is 5. The molecular weight excluding hydrogens is 328 g/mol. The quantitative estimate of drug-likeness (QED) is 0.707. The maximum absolute atomic E-state index is 12.3. The van der Waals surface area contributed by atoms with Crippen LogP contribution in [-0.4, -0.2) is 36.7 Å². The summed E-state index contributed by atoms with van der Waals surface area (Å²) in [7, 11) is 0. The Bertz CT molecular complexity index is 910. The summed E-state index contributed by atoms with van der Waals surface area (Å²) in [5.74, 6) is 0.0463. The summed E-state index contributed by atoms with van der Waals surface area (Å²) >= 11 is 0. The molecule has 0 fully saturated rings. The lowest BCUT2D eigenvalue weighted by atomic mass is 10.1. The number of hydrogen-bond donors (Lipinski definition) is 1. The first-order valence-electron chi connectivity index (χ1n) is 9.10. The van der Waals surface area contributed by atoms with Gasteiger partial charge in [0.2, 0.25) is 5.91 Å². The summed E-state index contributed by atoms with van der Waals surface area (Å²) in [6.07, 6.45) is 1.17. The van der Waals surface area contributed by atoms with Gasteiger partial charge >= 0.3 is 0 Å². The van der Waals surface area contributed by atoms with Crippen LogP contribution in [0.25, 0.3) is 11.0 Å². The molecule has 2 heterocycles. The molecule has 0 saturated heterocycles. The first-order valence-corrected chi connectivity index (χ1v) is 9.10. The second-order valence-corrected chi connectivity index (χ2v) is 6.69. The van der Waals surface area contributed by atoms with Crippen molar-refractivity contribution in [2.75, 3.05) is 0 Å². The number of nitrogens with zero attached hydrogens (tertiary/aromatic N) is 5. The van der Waals surface area contributed by atoms with Gasteiger partial charge in [-0.15, -0.1) is 5.10 Å². The minimum atomic E-state index is -0.0202. The highest BCUT2D eigenvalue weighted by Crippen LogP contribution is 2.15. The van der Waals surface area contributed by atoms with Crippen molar-refractivity contribution in [2.24, 2.45) is 0 Å². The minimum Gasteiger partial charge on any atom is -0.352 e. The predicted molar refractivity (Wildman–Crippen MR) is 101 cm³/mol. The number of hydrogen-bond acceptors (Lipinski definition) is 4. The number of carbonyl (C=O) groups excluding carboxylic acids is 1. The lowest BCUT2D eigenvalue weighted by molar-refractivity contribution is -0.121. The topological polar surface area (TPSA) is 77.6 Å². The first kappa shape index (κ1) is 18.1. The molecule has 0 spiro atoms. The van der Waals surface area contributed by atoms with Crippen molar-refractivity contribution in [3.63, 3.8) is 0 Å².